The van der Waals surface area contributed by atoms with E-state index in [0.717, 1.165) is 42.3 Å². The van der Waals surface area contributed by atoms with Crippen molar-refractivity contribution in [2.24, 2.45) is 0 Å². The fraction of sp³-hybridized carbons (Fsp3) is 0.407. The molecule has 1 saturated carbocycles. The van der Waals surface area contributed by atoms with Gasteiger partial charge in [-0.05, 0) is 43.3 Å². The van der Waals surface area contributed by atoms with Crippen LogP contribution in [0, 0.1) is 6.92 Å². The van der Waals surface area contributed by atoms with E-state index >= 15 is 0 Å². The molecule has 1 atom stereocenters. The summed E-state index contributed by atoms with van der Waals surface area (Å²) >= 11 is 2.58. The van der Waals surface area contributed by atoms with Crippen LogP contribution in [0.2, 0.25) is 0 Å². The molecular weight excluding hydrogens is 540 g/mol. The topological polar surface area (TPSA) is 123 Å². The molecule has 39 heavy (non-hydrogen) atoms. The molecule has 1 aromatic carbocycles. The number of amides is 3. The Morgan fingerprint density at radius 3 is 2.67 bits per heavy atom. The van der Waals surface area contributed by atoms with Crippen LogP contribution in [-0.2, 0) is 14.4 Å². The third-order valence-electron chi connectivity index (χ3n) is 6.53. The average Bonchev–Trinajstić information content (AvgIpc) is 3.70. The summed E-state index contributed by atoms with van der Waals surface area (Å²) in [6.07, 6.45) is 5.18. The van der Waals surface area contributed by atoms with Crippen molar-refractivity contribution in [3.63, 3.8) is 0 Å². The van der Waals surface area contributed by atoms with Gasteiger partial charge in [-0.1, -0.05) is 30.5 Å². The summed E-state index contributed by atoms with van der Waals surface area (Å²) in [5.74, 6) is 1.18. The lowest BCUT2D eigenvalue weighted by molar-refractivity contribution is -0.126. The molecule has 5 rings (SSSR count). The minimum Gasteiger partial charge on any atom is -0.454 e. The van der Waals surface area contributed by atoms with Crippen molar-refractivity contribution in [1.29, 1.82) is 0 Å². The van der Waals surface area contributed by atoms with Gasteiger partial charge >= 0.3 is 0 Å². The number of thioether (sulfide) groups is 1. The fourth-order valence-electron chi connectivity index (χ4n) is 4.72. The zero-order valence-corrected chi connectivity index (χ0v) is 23.1. The summed E-state index contributed by atoms with van der Waals surface area (Å²) in [5.41, 5.74) is 0.518. The number of hydrogen-bond donors (Lipinski definition) is 2. The van der Waals surface area contributed by atoms with Gasteiger partial charge < -0.3 is 24.6 Å². The monoisotopic (exact) mass is 570 g/mol. The molecule has 0 unspecified atom stereocenters. The molecule has 0 radical (unpaired) electrons. The third-order valence-corrected chi connectivity index (χ3v) is 8.37. The number of nitrogens with one attached hydrogen (secondary N) is 2. The first-order chi connectivity index (χ1) is 19.0. The highest BCUT2D eigenvalue weighted by atomic mass is 32.2. The highest BCUT2D eigenvalue weighted by Gasteiger charge is 2.35. The van der Waals surface area contributed by atoms with Gasteiger partial charge in [0.05, 0.1) is 11.5 Å². The zero-order valence-electron chi connectivity index (χ0n) is 21.5. The van der Waals surface area contributed by atoms with Crippen LogP contribution in [0.3, 0.4) is 0 Å². The Morgan fingerprint density at radius 2 is 1.92 bits per heavy atom. The lowest BCUT2D eigenvalue weighted by atomic mass is 9.95. The van der Waals surface area contributed by atoms with Crippen molar-refractivity contribution in [2.75, 3.05) is 28.5 Å². The number of nitrogens with zero attached hydrogens (tertiary/aromatic N) is 2. The van der Waals surface area contributed by atoms with Crippen molar-refractivity contribution >= 4 is 52.3 Å². The smallest absolute Gasteiger partial charge is 0.248 e. The van der Waals surface area contributed by atoms with Gasteiger partial charge in [0, 0.05) is 28.7 Å². The van der Waals surface area contributed by atoms with Crippen LogP contribution in [0.5, 0.6) is 11.5 Å². The Hall–Kier alpha value is -3.51. The van der Waals surface area contributed by atoms with Crippen molar-refractivity contribution in [1.82, 2.24) is 10.5 Å². The predicted molar refractivity (Wildman–Crippen MR) is 149 cm³/mol. The average molecular weight is 571 g/mol. The summed E-state index contributed by atoms with van der Waals surface area (Å²) in [6, 6.07) is 9.78. The molecule has 3 heterocycles. The van der Waals surface area contributed by atoms with E-state index in [2.05, 4.69) is 15.8 Å². The second kappa shape index (κ2) is 12.6. The van der Waals surface area contributed by atoms with E-state index in [4.69, 9.17) is 14.0 Å². The molecule has 10 nitrogen and oxygen atoms in total. The van der Waals surface area contributed by atoms with E-state index in [-0.39, 0.29) is 42.1 Å². The molecule has 3 amide bonds. The Bertz CT molecular complexity index is 1310. The highest BCUT2D eigenvalue weighted by Crippen LogP contribution is 2.39. The molecule has 1 aliphatic carbocycles. The van der Waals surface area contributed by atoms with Crippen molar-refractivity contribution in [2.45, 2.75) is 51.1 Å². The maximum Gasteiger partial charge on any atom is 0.248 e. The maximum absolute atomic E-state index is 13.8. The first kappa shape index (κ1) is 27.1. The van der Waals surface area contributed by atoms with E-state index in [1.54, 1.807) is 31.2 Å². The SMILES string of the molecule is Cc1cc(NC(=O)CSCC(=O)N(c2ccc3c(c2)OCO3)[C@H](C(=O)NC2CCCCC2)c2cccs2)no1. The van der Waals surface area contributed by atoms with Gasteiger partial charge in [0.15, 0.2) is 17.3 Å². The third kappa shape index (κ3) is 6.74. The largest absolute Gasteiger partial charge is 0.454 e. The number of carbonyl (C=O) groups is 3. The number of ether oxygens (including phenoxy) is 2. The lowest BCUT2D eigenvalue weighted by Gasteiger charge is -2.32. The first-order valence-corrected chi connectivity index (χ1v) is 14.9. The number of aromatic nitrogens is 1. The molecular formula is C27H30N4O6S2. The van der Waals surface area contributed by atoms with Crippen molar-refractivity contribution in [3.8, 4) is 11.5 Å². The summed E-state index contributed by atoms with van der Waals surface area (Å²) < 4.78 is 16.0. The van der Waals surface area contributed by atoms with Crippen LogP contribution in [-0.4, -0.2) is 47.2 Å². The van der Waals surface area contributed by atoms with E-state index in [1.165, 1.54) is 22.7 Å². The number of aryl methyl sites for hydroxylation is 1. The molecule has 0 saturated heterocycles. The van der Waals surface area contributed by atoms with Gasteiger partial charge in [0.25, 0.3) is 0 Å². The molecule has 1 aliphatic heterocycles. The summed E-state index contributed by atoms with van der Waals surface area (Å²) in [7, 11) is 0. The van der Waals surface area contributed by atoms with E-state index < -0.39 is 6.04 Å². The van der Waals surface area contributed by atoms with Crippen molar-refractivity contribution < 1.29 is 28.4 Å². The highest BCUT2D eigenvalue weighted by molar-refractivity contribution is 8.00. The summed E-state index contributed by atoms with van der Waals surface area (Å²) in [4.78, 5) is 42.3. The molecule has 2 aliphatic rings. The predicted octanol–water partition coefficient (Wildman–Crippen LogP) is 4.67. The molecule has 3 aromatic rings. The first-order valence-electron chi connectivity index (χ1n) is 12.8. The molecule has 0 bridgehead atoms. The number of carbonyl (C=O) groups excluding carboxylic acids is 3. The number of fused-ring (bicyclic) bond motifs is 1. The van der Waals surface area contributed by atoms with E-state index in [1.807, 2.05) is 17.5 Å². The molecule has 2 N–H and O–H groups in total. The molecule has 1 fully saturated rings. The quantitative estimate of drug-likeness (QED) is 0.361. The van der Waals surface area contributed by atoms with Gasteiger partial charge in [-0.25, -0.2) is 0 Å². The van der Waals surface area contributed by atoms with Crippen LogP contribution in [0.4, 0.5) is 11.5 Å². The number of rotatable bonds is 10. The molecule has 206 valence electrons. The van der Waals surface area contributed by atoms with Crippen LogP contribution in [0.25, 0.3) is 0 Å². The second-order valence-electron chi connectivity index (χ2n) is 9.43. The molecule has 2 aromatic heterocycles. The number of anilines is 2. The second-order valence-corrected chi connectivity index (χ2v) is 11.4. The Kier molecular flexibility index (Phi) is 8.72. The standard InChI is InChI=1S/C27H30N4O6S2/c1-17-12-23(30-37-17)29-24(32)14-38-15-25(33)31(19-9-10-20-21(13-19)36-16-35-20)26(22-8-5-11-39-22)27(34)28-18-6-3-2-4-7-18/h5,8-13,18,26H,2-4,6-7,14-16H2,1H3,(H,28,34)(H,29,30,32)/t26-/m0/s1. The van der Waals surface area contributed by atoms with Crippen molar-refractivity contribution in [3.05, 3.63) is 52.4 Å². The molecule has 12 heteroatoms. The van der Waals surface area contributed by atoms with Crippen LogP contribution in [0.15, 0.2) is 46.3 Å². The summed E-state index contributed by atoms with van der Waals surface area (Å²) in [6.45, 7) is 1.83. The number of thiophene rings is 1. The van der Waals surface area contributed by atoms with Crippen LogP contribution >= 0.6 is 23.1 Å². The van der Waals surface area contributed by atoms with Crippen LogP contribution < -0.4 is 25.0 Å². The lowest BCUT2D eigenvalue weighted by Crippen LogP contribution is -2.47. The molecule has 0 spiro atoms. The Labute approximate surface area is 234 Å². The van der Waals surface area contributed by atoms with Gasteiger partial charge in [-0.2, -0.15) is 0 Å². The number of benzene rings is 1. The van der Waals surface area contributed by atoms with E-state index in [9.17, 15) is 14.4 Å². The van der Waals surface area contributed by atoms with Gasteiger partial charge in [-0.15, -0.1) is 23.1 Å². The van der Waals surface area contributed by atoms with E-state index in [0.29, 0.717) is 28.8 Å². The van der Waals surface area contributed by atoms with Gasteiger partial charge in [-0.3, -0.25) is 19.3 Å². The van der Waals surface area contributed by atoms with Gasteiger partial charge in [0.1, 0.15) is 11.8 Å². The number of hydrogen-bond acceptors (Lipinski definition) is 9. The van der Waals surface area contributed by atoms with Crippen LogP contribution in [0.1, 0.15) is 48.8 Å². The van der Waals surface area contributed by atoms with Gasteiger partial charge in [0.2, 0.25) is 24.5 Å². The maximum atomic E-state index is 13.8. The summed E-state index contributed by atoms with van der Waals surface area (Å²) in [5, 5.41) is 11.5. The Morgan fingerprint density at radius 1 is 1.10 bits per heavy atom. The minimum absolute atomic E-state index is 0.0156. The minimum atomic E-state index is -0.868. The fourth-order valence-corrected chi connectivity index (χ4v) is 6.21. The Balaban J connectivity index is 1.36. The zero-order chi connectivity index (χ0) is 27.2. The normalized spacial score (nSPS) is 15.5.